The molecule has 36 heavy (non-hydrogen) atoms. The van der Waals surface area contributed by atoms with E-state index in [4.69, 9.17) is 8.85 Å². The van der Waals surface area contributed by atoms with Crippen LogP contribution in [0.3, 0.4) is 0 Å². The van der Waals surface area contributed by atoms with Crippen LogP contribution in [-0.2, 0) is 8.85 Å². The fourth-order valence-electron chi connectivity index (χ4n) is 5.64. The highest BCUT2D eigenvalue weighted by molar-refractivity contribution is 6.74. The van der Waals surface area contributed by atoms with E-state index in [1.807, 2.05) is 0 Å². The molecule has 1 N–H and O–H groups in total. The van der Waals surface area contributed by atoms with Crippen molar-refractivity contribution in [3.05, 3.63) is 37.0 Å². The van der Waals surface area contributed by atoms with Gasteiger partial charge in [-0.25, -0.2) is 0 Å². The number of rotatable bonds is 10. The van der Waals surface area contributed by atoms with E-state index in [9.17, 15) is 5.11 Å². The van der Waals surface area contributed by atoms with E-state index >= 15 is 0 Å². The normalized spacial score (nSPS) is 29.7. The molecule has 0 saturated heterocycles. The molecule has 0 spiro atoms. The first-order valence-corrected chi connectivity index (χ1v) is 20.0. The van der Waals surface area contributed by atoms with Crippen LogP contribution in [-0.4, -0.2) is 39.6 Å². The fourth-order valence-corrected chi connectivity index (χ4v) is 8.57. The molecule has 2 saturated carbocycles. The van der Waals surface area contributed by atoms with Gasteiger partial charge >= 0.3 is 0 Å². The average Bonchev–Trinajstić information content (AvgIpc) is 3.14. The minimum atomic E-state index is -1.98. The smallest absolute Gasteiger partial charge is 0.193 e. The quantitative estimate of drug-likeness (QED) is 0.225. The minimum absolute atomic E-state index is 0.142. The minimum Gasteiger partial charge on any atom is -0.413 e. The lowest BCUT2D eigenvalue weighted by Gasteiger charge is -2.45. The molecule has 0 aromatic heterocycles. The summed E-state index contributed by atoms with van der Waals surface area (Å²) in [6.07, 6.45) is 10.2. The molecular formula is C31H58O3Si2. The monoisotopic (exact) mass is 534 g/mol. The van der Waals surface area contributed by atoms with E-state index in [0.717, 1.165) is 31.3 Å². The zero-order valence-electron chi connectivity index (χ0n) is 25.7. The van der Waals surface area contributed by atoms with Crippen molar-refractivity contribution >= 4 is 16.6 Å². The molecule has 0 amide bonds. The molecule has 0 heterocycles. The van der Waals surface area contributed by atoms with Crippen LogP contribution >= 0.6 is 0 Å². The van der Waals surface area contributed by atoms with E-state index in [0.29, 0.717) is 17.8 Å². The van der Waals surface area contributed by atoms with E-state index in [2.05, 4.69) is 113 Å². The van der Waals surface area contributed by atoms with Crippen LogP contribution < -0.4 is 0 Å². The lowest BCUT2D eigenvalue weighted by molar-refractivity contribution is 0.0818. The maximum absolute atomic E-state index is 10.9. The second-order valence-electron chi connectivity index (χ2n) is 15.2. The Hall–Kier alpha value is -0.466. The van der Waals surface area contributed by atoms with Gasteiger partial charge in [0, 0.05) is 5.92 Å². The second kappa shape index (κ2) is 11.0. The van der Waals surface area contributed by atoms with Crippen LogP contribution in [0.2, 0.25) is 36.3 Å². The molecule has 3 nitrogen and oxygen atoms in total. The number of hydrogen-bond donors (Lipinski definition) is 1. The Kier molecular flexibility index (Phi) is 9.66. The summed E-state index contributed by atoms with van der Waals surface area (Å²) >= 11 is 0. The van der Waals surface area contributed by atoms with E-state index < -0.39 is 22.7 Å². The Morgan fingerprint density at radius 3 is 2.03 bits per heavy atom. The third-order valence-corrected chi connectivity index (χ3v) is 18.8. The van der Waals surface area contributed by atoms with Crippen molar-refractivity contribution in [2.75, 3.05) is 0 Å². The van der Waals surface area contributed by atoms with Crippen molar-refractivity contribution in [1.29, 1.82) is 0 Å². The lowest BCUT2D eigenvalue weighted by atomic mass is 9.87. The van der Waals surface area contributed by atoms with E-state index in [1.54, 1.807) is 0 Å². The Bertz CT molecular complexity index is 815. The van der Waals surface area contributed by atoms with Crippen LogP contribution in [0.15, 0.2) is 37.0 Å². The molecule has 2 fully saturated rings. The van der Waals surface area contributed by atoms with Gasteiger partial charge in [-0.3, -0.25) is 0 Å². The third kappa shape index (κ3) is 6.94. The highest BCUT2D eigenvalue weighted by Crippen LogP contribution is 2.53. The van der Waals surface area contributed by atoms with Gasteiger partial charge in [0.1, 0.15) is 0 Å². The Labute approximate surface area is 226 Å². The average molecular weight is 535 g/mol. The standard InChI is InChI=1S/C31H58O3Si2/c1-15-31(21-22(2)3,34-36(13,14)30(8,9)10)18-16-17-24-25-19-23(4)28(32)26(25)20-27(24)33-35(11,12)29(5,6)7/h15-17,22,24-28,32H,1,4,18-21H2,2-3,5-14H3/b17-16+/t24-,25+,26-,27+,28?,31?/m0/s1. The van der Waals surface area contributed by atoms with Gasteiger partial charge in [-0.05, 0) is 85.3 Å². The Morgan fingerprint density at radius 2 is 1.56 bits per heavy atom. The molecule has 6 atom stereocenters. The summed E-state index contributed by atoms with van der Waals surface area (Å²) in [5.41, 5.74) is 0.635. The summed E-state index contributed by atoms with van der Waals surface area (Å²) in [7, 11) is -3.91. The first-order valence-electron chi connectivity index (χ1n) is 14.2. The van der Waals surface area contributed by atoms with Crippen molar-refractivity contribution in [3.63, 3.8) is 0 Å². The van der Waals surface area contributed by atoms with Gasteiger partial charge in [0.2, 0.25) is 0 Å². The second-order valence-corrected chi connectivity index (χ2v) is 24.7. The van der Waals surface area contributed by atoms with Crippen LogP contribution in [0.1, 0.15) is 81.1 Å². The predicted octanol–water partition coefficient (Wildman–Crippen LogP) is 8.89. The third-order valence-electron chi connectivity index (χ3n) is 9.76. The summed E-state index contributed by atoms with van der Waals surface area (Å²) in [5.74, 6) is 1.47. The predicted molar refractivity (Wildman–Crippen MR) is 161 cm³/mol. The molecule has 2 aliphatic rings. The van der Waals surface area contributed by atoms with Gasteiger partial charge in [-0.2, -0.15) is 0 Å². The summed E-state index contributed by atoms with van der Waals surface area (Å²) < 4.78 is 14.1. The largest absolute Gasteiger partial charge is 0.413 e. The van der Waals surface area contributed by atoms with Crippen molar-refractivity contribution in [2.45, 2.75) is 135 Å². The fraction of sp³-hybridized carbons (Fsp3) is 0.806. The maximum Gasteiger partial charge on any atom is 0.193 e. The summed E-state index contributed by atoms with van der Waals surface area (Å²) in [4.78, 5) is 0. The molecule has 0 aliphatic heterocycles. The number of aliphatic hydroxyl groups is 1. The zero-order chi connectivity index (χ0) is 27.9. The van der Waals surface area contributed by atoms with Crippen molar-refractivity contribution < 1.29 is 14.0 Å². The Balaban J connectivity index is 2.35. The molecule has 0 aromatic rings. The highest BCUT2D eigenvalue weighted by atomic mass is 28.4. The van der Waals surface area contributed by atoms with Gasteiger partial charge in [0.15, 0.2) is 16.6 Å². The lowest BCUT2D eigenvalue weighted by Crippen LogP contribution is -2.49. The Morgan fingerprint density at radius 1 is 1.00 bits per heavy atom. The number of hydrogen-bond acceptors (Lipinski definition) is 3. The van der Waals surface area contributed by atoms with Crippen molar-refractivity contribution in [1.82, 2.24) is 0 Å². The van der Waals surface area contributed by atoms with Gasteiger partial charge < -0.3 is 14.0 Å². The zero-order valence-corrected chi connectivity index (χ0v) is 27.7. The molecule has 0 radical (unpaired) electrons. The highest BCUT2D eigenvalue weighted by Gasteiger charge is 2.52. The molecule has 2 unspecified atom stereocenters. The topological polar surface area (TPSA) is 38.7 Å². The first-order chi connectivity index (χ1) is 16.2. The van der Waals surface area contributed by atoms with Crippen LogP contribution in [0.25, 0.3) is 0 Å². The van der Waals surface area contributed by atoms with Crippen molar-refractivity contribution in [2.24, 2.45) is 23.7 Å². The van der Waals surface area contributed by atoms with Crippen LogP contribution in [0, 0.1) is 23.7 Å². The van der Waals surface area contributed by atoms with E-state index in [1.165, 1.54) is 0 Å². The summed E-state index contributed by atoms with van der Waals surface area (Å²) in [6, 6.07) is 0. The number of fused-ring (bicyclic) bond motifs is 1. The van der Waals surface area contributed by atoms with Gasteiger partial charge in [-0.15, -0.1) is 6.58 Å². The van der Waals surface area contributed by atoms with E-state index in [-0.39, 0.29) is 27.7 Å². The molecule has 0 aromatic carbocycles. The summed E-state index contributed by atoms with van der Waals surface area (Å²) in [5, 5.41) is 11.2. The van der Waals surface area contributed by atoms with Gasteiger partial charge in [0.05, 0.1) is 17.8 Å². The van der Waals surface area contributed by atoms with Gasteiger partial charge in [-0.1, -0.05) is 80.2 Å². The molecule has 208 valence electrons. The van der Waals surface area contributed by atoms with Gasteiger partial charge in [0.25, 0.3) is 0 Å². The first kappa shape index (κ1) is 31.7. The molecular weight excluding hydrogens is 477 g/mol. The van der Waals surface area contributed by atoms with Crippen LogP contribution in [0.4, 0.5) is 0 Å². The maximum atomic E-state index is 10.9. The molecule has 0 bridgehead atoms. The van der Waals surface area contributed by atoms with Crippen LogP contribution in [0.5, 0.6) is 0 Å². The van der Waals surface area contributed by atoms with Crippen molar-refractivity contribution in [3.8, 4) is 0 Å². The molecule has 5 heteroatoms. The molecule has 2 aliphatic carbocycles. The number of aliphatic hydroxyl groups excluding tert-OH is 1. The summed E-state index contributed by atoms with van der Waals surface area (Å²) in [6.45, 7) is 36.2. The SMILES string of the molecule is C=CC(C/C=C/[C@H]1[C@H]2CC(=C)C(O)[C@H]2C[C@H]1O[Si](C)(C)C(C)(C)C)(CC(C)C)O[Si](C)(C)C(C)(C)C. The molecule has 2 rings (SSSR count).